The molecule has 0 N–H and O–H groups in total. The number of hydrogen-bond donors (Lipinski definition) is 0. The molecule has 12 heteroatoms. The lowest BCUT2D eigenvalue weighted by molar-refractivity contribution is 1.07. The van der Waals surface area contributed by atoms with Gasteiger partial charge in [0.05, 0.1) is 19.7 Å². The van der Waals surface area contributed by atoms with Crippen LogP contribution in [0, 0.1) is 19.7 Å². The van der Waals surface area contributed by atoms with Gasteiger partial charge in [-0.25, -0.2) is 59.4 Å². The topological polar surface area (TPSA) is 129 Å². The predicted molar refractivity (Wildman–Crippen MR) is 589 cm³/mol. The SMILES string of the molecule is [C-]#[N+]c1ccc(-c2ccc(-c3cccc4cccc(-c5cccc(-c6nc(-c7ccccc7)nc(-c7ccccc7)n6)c5)c34)cc2)cc1.[C-]#[N+]c1cccc(-c2ccc(-c3cccc4cccc(-c5ccc(-c6nc(-c7ccccc7)nc(-c7ccccc7)n6)cc5)c34)cc2)c1.[C-]#[N+]c1cccc(-c2ccc(-c3cccc4cccc(-c5cccc(-c6nc(-c7ccccc7)nc(-c7ccccc7)n6)c5)c34)cc2)c1. The molecule has 24 rings (SSSR count). The van der Waals surface area contributed by atoms with E-state index in [1.54, 1.807) is 0 Å². The summed E-state index contributed by atoms with van der Waals surface area (Å²) < 4.78 is 0. The standard InChI is InChI=1S/3C44H28N4/c1-45-38-21-9-18-35(29-38)30-24-26-31(27-25-30)39-22-10-16-32-17-11-23-40(41(32)39)36-19-8-20-37(28-36)44-47-42(33-12-4-2-5-13-33)46-43(48-44)34-14-6-3-7-15-34;1-45-38-27-25-31(26-28-38)30-21-23-32(24-22-30)39-19-9-15-33-16-10-20-40(41(33)39)36-17-8-18-37(29-36)44-47-42(34-11-4-2-5-12-34)46-43(48-44)35-13-6-3-7-14-35;1-45-38-18-8-17-37(29-38)30-21-23-31(24-22-30)39-19-9-15-33-16-10-20-40(41(33)39)32-25-27-36(28-26-32)44-47-42(34-11-4-2-5-12-34)46-43(48-44)35-13-6-3-7-14-35/h3*2-29H. The number of hydrogen-bond acceptors (Lipinski definition) is 9. The van der Waals surface area contributed by atoms with E-state index in [-0.39, 0.29) is 0 Å². The van der Waals surface area contributed by atoms with E-state index in [4.69, 9.17) is 64.6 Å². The zero-order valence-corrected chi connectivity index (χ0v) is 77.9. The fourth-order valence-electron chi connectivity index (χ4n) is 18.5. The number of aromatic nitrogens is 9. The summed E-state index contributed by atoms with van der Waals surface area (Å²) in [5, 5.41) is 7.10. The van der Waals surface area contributed by atoms with Crippen molar-refractivity contribution in [3.63, 3.8) is 0 Å². The molecule has 0 radical (unpaired) electrons. The van der Waals surface area contributed by atoms with Gasteiger partial charge < -0.3 is 0 Å². The van der Waals surface area contributed by atoms with E-state index in [1.807, 2.05) is 255 Å². The maximum absolute atomic E-state index is 7.38. The Morgan fingerprint density at radius 3 is 0.542 bits per heavy atom. The number of nitrogens with zero attached hydrogens (tertiary/aromatic N) is 12. The van der Waals surface area contributed by atoms with Crippen molar-refractivity contribution in [3.8, 4) is 203 Å². The molecule has 21 aromatic carbocycles. The molecule has 3 heterocycles. The molecule has 3 aromatic heterocycles. The second kappa shape index (κ2) is 41.1. The van der Waals surface area contributed by atoms with Gasteiger partial charge in [0.2, 0.25) is 0 Å². The van der Waals surface area contributed by atoms with Gasteiger partial charge in [-0.15, -0.1) is 0 Å². The third-order valence-electron chi connectivity index (χ3n) is 25.7. The van der Waals surface area contributed by atoms with Crippen molar-refractivity contribution in [2.75, 3.05) is 0 Å². The van der Waals surface area contributed by atoms with Crippen LogP contribution in [0.2, 0.25) is 0 Å². The fraction of sp³-hybridized carbons (Fsp3) is 0. The normalized spacial score (nSPS) is 10.9. The number of benzene rings is 21. The van der Waals surface area contributed by atoms with Gasteiger partial charge in [-0.2, -0.15) is 0 Å². The van der Waals surface area contributed by atoms with Crippen LogP contribution in [0.3, 0.4) is 0 Å². The van der Waals surface area contributed by atoms with E-state index in [0.29, 0.717) is 69.5 Å². The van der Waals surface area contributed by atoms with Gasteiger partial charge in [-0.1, -0.05) is 485 Å². The Morgan fingerprint density at radius 1 is 0.118 bits per heavy atom. The first-order valence-corrected chi connectivity index (χ1v) is 47.4. The summed E-state index contributed by atoms with van der Waals surface area (Å²) in [7, 11) is 0. The molecular formula is C132H84N12. The van der Waals surface area contributed by atoms with Crippen LogP contribution < -0.4 is 0 Å². The first kappa shape index (κ1) is 89.1. The van der Waals surface area contributed by atoms with Gasteiger partial charge in [0.1, 0.15) is 0 Å². The molecular weight excluding hydrogens is 1750 g/mol. The molecule has 12 nitrogen and oxygen atoms in total. The molecule has 0 bridgehead atoms. The second-order valence-electron chi connectivity index (χ2n) is 34.7. The average Bonchev–Trinajstić information content (AvgIpc) is 0.770. The molecule has 0 amide bonds. The van der Waals surface area contributed by atoms with Crippen molar-refractivity contribution in [1.82, 2.24) is 44.9 Å². The Bertz CT molecular complexity index is 8780. The molecule has 0 atom stereocenters. The van der Waals surface area contributed by atoms with Crippen LogP contribution in [0.4, 0.5) is 17.1 Å². The monoisotopic (exact) mass is 1840 g/mol. The Hall–Kier alpha value is -20.1. The molecule has 0 aliphatic heterocycles. The minimum atomic E-state index is 0.628. The van der Waals surface area contributed by atoms with Crippen LogP contribution in [0.1, 0.15) is 0 Å². The minimum absolute atomic E-state index is 0.628. The molecule has 24 aromatic rings. The molecule has 0 spiro atoms. The van der Waals surface area contributed by atoms with E-state index in [1.165, 1.54) is 43.4 Å². The zero-order chi connectivity index (χ0) is 96.9. The minimum Gasteiger partial charge on any atom is -0.238 e. The van der Waals surface area contributed by atoms with Crippen LogP contribution in [-0.4, -0.2) is 44.9 Å². The fourth-order valence-corrected chi connectivity index (χ4v) is 18.5. The lowest BCUT2D eigenvalue weighted by atomic mass is 9.90. The first-order valence-electron chi connectivity index (χ1n) is 47.4. The maximum atomic E-state index is 7.38. The van der Waals surface area contributed by atoms with Crippen molar-refractivity contribution in [2.24, 2.45) is 0 Å². The van der Waals surface area contributed by atoms with Crippen LogP contribution in [0.25, 0.3) is 249 Å². The van der Waals surface area contributed by atoms with Crippen LogP contribution in [0.15, 0.2) is 510 Å². The van der Waals surface area contributed by atoms with Crippen molar-refractivity contribution in [2.45, 2.75) is 0 Å². The summed E-state index contributed by atoms with van der Waals surface area (Å²) in [6.07, 6.45) is 0. The Labute approximate surface area is 835 Å². The van der Waals surface area contributed by atoms with E-state index in [2.05, 4.69) is 269 Å². The quantitative estimate of drug-likeness (QED) is 0.0771. The van der Waals surface area contributed by atoms with Gasteiger partial charge in [-0.3, -0.25) is 0 Å². The number of fused-ring (bicyclic) bond motifs is 3. The van der Waals surface area contributed by atoms with Crippen molar-refractivity contribution in [3.05, 3.63) is 544 Å². The van der Waals surface area contributed by atoms with Gasteiger partial charge in [-0.05, 0) is 157 Å². The lowest BCUT2D eigenvalue weighted by Gasteiger charge is -2.14. The van der Waals surface area contributed by atoms with Crippen LogP contribution in [-0.2, 0) is 0 Å². The molecule has 144 heavy (non-hydrogen) atoms. The highest BCUT2D eigenvalue weighted by Crippen LogP contribution is 2.45. The number of rotatable bonds is 18. The van der Waals surface area contributed by atoms with Crippen LogP contribution in [0.5, 0.6) is 0 Å². The summed E-state index contributed by atoms with van der Waals surface area (Å²) in [5.41, 5.74) is 30.5. The van der Waals surface area contributed by atoms with Gasteiger partial charge in [0.15, 0.2) is 69.5 Å². The molecule has 672 valence electrons. The summed E-state index contributed by atoms with van der Waals surface area (Å²) in [4.78, 5) is 55.0. The van der Waals surface area contributed by atoms with E-state index >= 15 is 0 Å². The summed E-state index contributed by atoms with van der Waals surface area (Å²) >= 11 is 0. The van der Waals surface area contributed by atoms with Crippen LogP contribution >= 0.6 is 0 Å². The van der Waals surface area contributed by atoms with Crippen molar-refractivity contribution in [1.29, 1.82) is 0 Å². The van der Waals surface area contributed by atoms with E-state index in [0.717, 1.165) is 139 Å². The first-order chi connectivity index (χ1) is 71.2. The average molecular weight is 1840 g/mol. The third-order valence-corrected chi connectivity index (χ3v) is 25.7. The third kappa shape index (κ3) is 19.3. The molecule has 0 saturated carbocycles. The molecule has 0 saturated heterocycles. The Morgan fingerprint density at radius 2 is 0.292 bits per heavy atom. The van der Waals surface area contributed by atoms with Crippen molar-refractivity contribution >= 4 is 49.4 Å². The smallest absolute Gasteiger partial charge is 0.187 e. The highest BCUT2D eigenvalue weighted by atomic mass is 15.1. The molecule has 0 fully saturated rings. The van der Waals surface area contributed by atoms with Gasteiger partial charge in [0, 0.05) is 50.1 Å². The molecule has 0 unspecified atom stereocenters. The molecule has 0 aliphatic carbocycles. The van der Waals surface area contributed by atoms with E-state index < -0.39 is 0 Å². The zero-order valence-electron chi connectivity index (χ0n) is 77.9. The Balaban J connectivity index is 0.000000123. The summed E-state index contributed by atoms with van der Waals surface area (Å²) in [6, 6.07) is 174. The second-order valence-corrected chi connectivity index (χ2v) is 34.7. The van der Waals surface area contributed by atoms with Crippen molar-refractivity contribution < 1.29 is 0 Å². The molecule has 0 aliphatic rings. The van der Waals surface area contributed by atoms with E-state index in [9.17, 15) is 0 Å². The summed E-state index contributed by atoms with van der Waals surface area (Å²) in [5.74, 6) is 5.75. The largest absolute Gasteiger partial charge is 0.238 e. The maximum Gasteiger partial charge on any atom is 0.187 e. The van der Waals surface area contributed by atoms with Gasteiger partial charge >= 0.3 is 0 Å². The predicted octanol–water partition coefficient (Wildman–Crippen LogP) is 34.7. The summed E-state index contributed by atoms with van der Waals surface area (Å²) in [6.45, 7) is 22.0. The van der Waals surface area contributed by atoms with Gasteiger partial charge in [0.25, 0.3) is 0 Å². The Kier molecular flexibility index (Phi) is 25.4. The highest BCUT2D eigenvalue weighted by molar-refractivity contribution is 6.10. The lowest BCUT2D eigenvalue weighted by Crippen LogP contribution is -2.00. The highest BCUT2D eigenvalue weighted by Gasteiger charge is 2.22.